The minimum Gasteiger partial charge on any atom is -0.389 e. The average Bonchev–Trinajstić information content (AvgIpc) is 2.11. The number of rotatable bonds is 7. The molecule has 1 amide bonds. The molecule has 0 aromatic carbocycles. The van der Waals surface area contributed by atoms with Gasteiger partial charge in [-0.2, -0.15) is 0 Å². The molecular formula is C13H28N2O2. The first-order valence-corrected chi connectivity index (χ1v) is 6.40. The van der Waals surface area contributed by atoms with Gasteiger partial charge in [0.2, 0.25) is 5.91 Å². The lowest BCUT2D eigenvalue weighted by Crippen LogP contribution is -2.49. The van der Waals surface area contributed by atoms with Gasteiger partial charge in [-0.15, -0.1) is 0 Å². The Morgan fingerprint density at radius 3 is 2.18 bits per heavy atom. The maximum absolute atomic E-state index is 11.6. The standard InChI is InChI=1S/C13H28N2O2/c1-9(2)7-13(6,17)8-14-11(5)12(16)15-10(3)4/h9-11,14,17H,7-8H2,1-6H3,(H,15,16). The van der Waals surface area contributed by atoms with E-state index >= 15 is 0 Å². The van der Waals surface area contributed by atoms with Crippen LogP contribution in [0, 0.1) is 5.92 Å². The summed E-state index contributed by atoms with van der Waals surface area (Å²) in [7, 11) is 0. The summed E-state index contributed by atoms with van der Waals surface area (Å²) in [4.78, 5) is 11.6. The molecule has 0 spiro atoms. The van der Waals surface area contributed by atoms with Gasteiger partial charge in [0.15, 0.2) is 0 Å². The van der Waals surface area contributed by atoms with Crippen molar-refractivity contribution in [2.24, 2.45) is 5.92 Å². The van der Waals surface area contributed by atoms with Crippen LogP contribution in [0.5, 0.6) is 0 Å². The molecule has 0 aromatic heterocycles. The predicted octanol–water partition coefficient (Wildman–Crippen LogP) is 1.29. The molecule has 2 unspecified atom stereocenters. The van der Waals surface area contributed by atoms with Gasteiger partial charge >= 0.3 is 0 Å². The first-order valence-electron chi connectivity index (χ1n) is 6.40. The van der Waals surface area contributed by atoms with Crippen molar-refractivity contribution in [1.82, 2.24) is 10.6 Å². The highest BCUT2D eigenvalue weighted by molar-refractivity contribution is 5.81. The Balaban J connectivity index is 4.05. The number of nitrogens with one attached hydrogen (secondary N) is 2. The van der Waals surface area contributed by atoms with Crippen LogP contribution >= 0.6 is 0 Å². The van der Waals surface area contributed by atoms with Gasteiger partial charge in [-0.1, -0.05) is 13.8 Å². The zero-order valence-corrected chi connectivity index (χ0v) is 12.0. The number of aliphatic hydroxyl groups is 1. The van der Waals surface area contributed by atoms with Crippen molar-refractivity contribution in [3.63, 3.8) is 0 Å². The number of carbonyl (C=O) groups excluding carboxylic acids is 1. The van der Waals surface area contributed by atoms with Gasteiger partial charge < -0.3 is 15.7 Å². The Morgan fingerprint density at radius 2 is 1.76 bits per heavy atom. The first-order chi connectivity index (χ1) is 7.64. The van der Waals surface area contributed by atoms with Crippen LogP contribution in [0.25, 0.3) is 0 Å². The average molecular weight is 244 g/mol. The fraction of sp³-hybridized carbons (Fsp3) is 0.923. The molecule has 0 aliphatic heterocycles. The van der Waals surface area contributed by atoms with Crippen LogP contribution in [-0.4, -0.2) is 35.2 Å². The molecule has 3 N–H and O–H groups in total. The van der Waals surface area contributed by atoms with Gasteiger partial charge in [0.05, 0.1) is 11.6 Å². The lowest BCUT2D eigenvalue weighted by Gasteiger charge is -2.27. The van der Waals surface area contributed by atoms with E-state index < -0.39 is 5.60 Å². The smallest absolute Gasteiger partial charge is 0.237 e. The van der Waals surface area contributed by atoms with Gasteiger partial charge in [-0.25, -0.2) is 0 Å². The summed E-state index contributed by atoms with van der Waals surface area (Å²) in [5.74, 6) is 0.409. The Kier molecular flexibility index (Phi) is 6.72. The lowest BCUT2D eigenvalue weighted by atomic mass is 9.94. The van der Waals surface area contributed by atoms with E-state index in [9.17, 15) is 9.90 Å². The molecule has 4 heteroatoms. The maximum atomic E-state index is 11.6. The van der Waals surface area contributed by atoms with Crippen LogP contribution in [0.4, 0.5) is 0 Å². The summed E-state index contributed by atoms with van der Waals surface area (Å²) in [6.45, 7) is 12.0. The summed E-state index contributed by atoms with van der Waals surface area (Å²) in [5, 5.41) is 16.0. The summed E-state index contributed by atoms with van der Waals surface area (Å²) < 4.78 is 0. The SMILES string of the molecule is CC(C)CC(C)(O)CNC(C)C(=O)NC(C)C. The Morgan fingerprint density at radius 1 is 1.24 bits per heavy atom. The molecule has 0 heterocycles. The van der Waals surface area contributed by atoms with Crippen molar-refractivity contribution in [3.05, 3.63) is 0 Å². The van der Waals surface area contributed by atoms with Crippen molar-refractivity contribution in [3.8, 4) is 0 Å². The van der Waals surface area contributed by atoms with E-state index in [2.05, 4.69) is 24.5 Å². The second kappa shape index (κ2) is 6.97. The second-order valence-corrected chi connectivity index (χ2v) is 5.86. The minimum atomic E-state index is -0.763. The van der Waals surface area contributed by atoms with Gasteiger partial charge in [0.25, 0.3) is 0 Å². The highest BCUT2D eigenvalue weighted by Crippen LogP contribution is 2.15. The molecule has 0 aliphatic carbocycles. The van der Waals surface area contributed by atoms with Crippen molar-refractivity contribution in [2.75, 3.05) is 6.54 Å². The topological polar surface area (TPSA) is 61.4 Å². The van der Waals surface area contributed by atoms with Crippen molar-refractivity contribution < 1.29 is 9.90 Å². The van der Waals surface area contributed by atoms with E-state index in [1.165, 1.54) is 0 Å². The Hall–Kier alpha value is -0.610. The van der Waals surface area contributed by atoms with Crippen LogP contribution in [0.15, 0.2) is 0 Å². The summed E-state index contributed by atoms with van der Waals surface area (Å²) in [5.41, 5.74) is -0.763. The van der Waals surface area contributed by atoms with E-state index in [0.717, 1.165) is 6.42 Å². The van der Waals surface area contributed by atoms with E-state index in [1.807, 2.05) is 20.8 Å². The van der Waals surface area contributed by atoms with Gasteiger partial charge in [-0.05, 0) is 40.0 Å². The third-order valence-electron chi connectivity index (χ3n) is 2.46. The quantitative estimate of drug-likeness (QED) is 0.632. The number of hydrogen-bond acceptors (Lipinski definition) is 3. The normalized spacial score (nSPS) is 17.0. The molecule has 0 saturated heterocycles. The number of hydrogen-bond donors (Lipinski definition) is 3. The summed E-state index contributed by atoms with van der Waals surface area (Å²) >= 11 is 0. The lowest BCUT2D eigenvalue weighted by molar-refractivity contribution is -0.123. The molecule has 2 atom stereocenters. The summed E-state index contributed by atoms with van der Waals surface area (Å²) in [6, 6.07) is -0.140. The van der Waals surface area contributed by atoms with Crippen LogP contribution in [0.3, 0.4) is 0 Å². The molecule has 0 saturated carbocycles. The van der Waals surface area contributed by atoms with Gasteiger partial charge in [0.1, 0.15) is 0 Å². The molecule has 102 valence electrons. The van der Waals surface area contributed by atoms with E-state index in [1.54, 1.807) is 6.92 Å². The molecule has 4 nitrogen and oxygen atoms in total. The molecule has 0 radical (unpaired) electrons. The molecule has 0 aliphatic rings. The molecule has 17 heavy (non-hydrogen) atoms. The molecule has 0 fully saturated rings. The molecule has 0 bridgehead atoms. The van der Waals surface area contributed by atoms with Crippen molar-refractivity contribution >= 4 is 5.91 Å². The monoisotopic (exact) mass is 244 g/mol. The fourth-order valence-corrected chi connectivity index (χ4v) is 1.83. The van der Waals surface area contributed by atoms with Crippen molar-refractivity contribution in [2.45, 2.75) is 65.6 Å². The fourth-order valence-electron chi connectivity index (χ4n) is 1.83. The predicted molar refractivity (Wildman–Crippen MR) is 70.8 cm³/mol. The molecular weight excluding hydrogens is 216 g/mol. The first kappa shape index (κ1) is 16.4. The maximum Gasteiger partial charge on any atom is 0.237 e. The van der Waals surface area contributed by atoms with Gasteiger partial charge in [0, 0.05) is 12.6 Å². The highest BCUT2D eigenvalue weighted by Gasteiger charge is 2.23. The van der Waals surface area contributed by atoms with Crippen LogP contribution < -0.4 is 10.6 Å². The third-order valence-corrected chi connectivity index (χ3v) is 2.46. The highest BCUT2D eigenvalue weighted by atomic mass is 16.3. The zero-order valence-electron chi connectivity index (χ0n) is 12.0. The largest absolute Gasteiger partial charge is 0.389 e. The summed E-state index contributed by atoms with van der Waals surface area (Å²) in [6.07, 6.45) is 0.721. The van der Waals surface area contributed by atoms with E-state index in [-0.39, 0.29) is 18.0 Å². The Bertz CT molecular complexity index is 238. The molecule has 0 aromatic rings. The second-order valence-electron chi connectivity index (χ2n) is 5.86. The third kappa shape index (κ3) is 8.16. The zero-order chi connectivity index (χ0) is 13.6. The van der Waals surface area contributed by atoms with Crippen LogP contribution in [0.1, 0.15) is 48.0 Å². The van der Waals surface area contributed by atoms with Gasteiger partial charge in [-0.3, -0.25) is 4.79 Å². The number of carbonyl (C=O) groups is 1. The van der Waals surface area contributed by atoms with E-state index in [0.29, 0.717) is 12.5 Å². The Labute approximate surface area is 105 Å². The van der Waals surface area contributed by atoms with E-state index in [4.69, 9.17) is 0 Å². The van der Waals surface area contributed by atoms with Crippen LogP contribution in [0.2, 0.25) is 0 Å². The molecule has 0 rings (SSSR count). The minimum absolute atomic E-state index is 0.0275. The van der Waals surface area contributed by atoms with Crippen molar-refractivity contribution in [1.29, 1.82) is 0 Å². The number of amides is 1. The van der Waals surface area contributed by atoms with Crippen LogP contribution in [-0.2, 0) is 4.79 Å².